The number of hydrogen-bond acceptors (Lipinski definition) is 10. The third kappa shape index (κ3) is 6.28. The zero-order valence-electron chi connectivity index (χ0n) is 22.8. The monoisotopic (exact) mass is 554 g/mol. The summed E-state index contributed by atoms with van der Waals surface area (Å²) in [6.45, 7) is 9.68. The molecule has 1 amide bonds. The Morgan fingerprint density at radius 1 is 1.21 bits per heavy atom. The van der Waals surface area contributed by atoms with Gasteiger partial charge < -0.3 is 20.1 Å². The topological polar surface area (TPSA) is 150 Å². The van der Waals surface area contributed by atoms with Gasteiger partial charge in [0, 0.05) is 36.5 Å². The van der Waals surface area contributed by atoms with Gasteiger partial charge in [0.15, 0.2) is 5.03 Å². The lowest BCUT2D eigenvalue weighted by molar-refractivity contribution is 0.0981. The predicted molar refractivity (Wildman–Crippen MR) is 148 cm³/mol. The van der Waals surface area contributed by atoms with Crippen LogP contribution < -0.4 is 20.1 Å². The summed E-state index contributed by atoms with van der Waals surface area (Å²) in [5, 5.41) is -0.341. The van der Waals surface area contributed by atoms with Gasteiger partial charge in [-0.15, -0.1) is 0 Å². The Labute approximate surface area is 228 Å². The number of pyridine rings is 3. The number of rotatable bonds is 9. The molecule has 3 aromatic heterocycles. The average Bonchev–Trinajstić information content (AvgIpc) is 3.16. The highest BCUT2D eigenvalue weighted by molar-refractivity contribution is 7.90. The van der Waals surface area contributed by atoms with E-state index in [0.29, 0.717) is 43.1 Å². The van der Waals surface area contributed by atoms with E-state index in [2.05, 4.69) is 40.4 Å². The van der Waals surface area contributed by atoms with Crippen LogP contribution in [-0.4, -0.2) is 61.7 Å². The molecular formula is C27H34N6O5S. The quantitative estimate of drug-likeness (QED) is 0.378. The predicted octanol–water partition coefficient (Wildman–Crippen LogP) is 3.20. The van der Waals surface area contributed by atoms with Crippen LogP contribution in [0.15, 0.2) is 47.6 Å². The summed E-state index contributed by atoms with van der Waals surface area (Å²) in [6, 6.07) is 9.38. The molecule has 1 atom stereocenters. The maximum atomic E-state index is 13.4. The van der Waals surface area contributed by atoms with E-state index in [1.165, 1.54) is 18.2 Å². The van der Waals surface area contributed by atoms with Crippen LogP contribution in [0, 0.1) is 12.8 Å². The first-order chi connectivity index (χ1) is 18.4. The lowest BCUT2D eigenvalue weighted by Crippen LogP contribution is -2.41. The molecule has 11 nitrogen and oxygen atoms in total. The average molecular weight is 555 g/mol. The van der Waals surface area contributed by atoms with Gasteiger partial charge in [-0.1, -0.05) is 13.0 Å². The molecule has 4 heterocycles. The molecule has 1 aliphatic rings. The van der Waals surface area contributed by atoms with E-state index in [0.717, 1.165) is 17.5 Å². The van der Waals surface area contributed by atoms with Gasteiger partial charge in [0.2, 0.25) is 5.88 Å². The number of nitrogens with one attached hydrogen (secondary N) is 1. The Balaban J connectivity index is 1.72. The molecule has 1 fully saturated rings. The summed E-state index contributed by atoms with van der Waals surface area (Å²) >= 11 is 0. The minimum atomic E-state index is -4.26. The Morgan fingerprint density at radius 3 is 2.62 bits per heavy atom. The number of nitrogens with zero attached hydrogens (tertiary/aromatic N) is 4. The summed E-state index contributed by atoms with van der Waals surface area (Å²) in [6.07, 6.45) is 2.55. The van der Waals surface area contributed by atoms with Crippen molar-refractivity contribution in [2.24, 2.45) is 5.92 Å². The highest BCUT2D eigenvalue weighted by Crippen LogP contribution is 2.38. The fourth-order valence-electron chi connectivity index (χ4n) is 4.84. The lowest BCUT2D eigenvalue weighted by atomic mass is 9.97. The third-order valence-corrected chi connectivity index (χ3v) is 7.78. The molecule has 0 unspecified atom stereocenters. The van der Waals surface area contributed by atoms with E-state index in [9.17, 15) is 13.2 Å². The van der Waals surface area contributed by atoms with Gasteiger partial charge >= 0.3 is 0 Å². The molecule has 3 N–H and O–H groups in total. The first kappa shape index (κ1) is 28.2. The van der Waals surface area contributed by atoms with Crippen LogP contribution in [0.1, 0.15) is 43.1 Å². The molecule has 3 aromatic rings. The van der Waals surface area contributed by atoms with Crippen LogP contribution >= 0.6 is 0 Å². The van der Waals surface area contributed by atoms with E-state index >= 15 is 0 Å². The maximum Gasteiger partial charge on any atom is 0.281 e. The fraction of sp³-hybridized carbons (Fsp3) is 0.407. The number of carbonyl (C=O) groups excluding carboxylic acids is 1. The van der Waals surface area contributed by atoms with E-state index in [1.807, 2.05) is 13.0 Å². The third-order valence-electron chi connectivity index (χ3n) is 6.55. The molecule has 12 heteroatoms. The normalized spacial score (nSPS) is 16.7. The van der Waals surface area contributed by atoms with Crippen LogP contribution in [0.4, 0.5) is 11.6 Å². The molecule has 1 aliphatic heterocycles. The number of sulfonamides is 1. The Hall–Kier alpha value is -3.77. The molecule has 0 aliphatic carbocycles. The van der Waals surface area contributed by atoms with E-state index in [4.69, 9.17) is 20.2 Å². The van der Waals surface area contributed by atoms with Crippen molar-refractivity contribution in [1.82, 2.24) is 19.7 Å². The highest BCUT2D eigenvalue weighted by atomic mass is 32.2. The van der Waals surface area contributed by atoms with Gasteiger partial charge in [-0.25, -0.2) is 19.7 Å². The molecule has 4 rings (SSSR count). The van der Waals surface area contributed by atoms with Crippen molar-refractivity contribution in [2.75, 3.05) is 37.5 Å². The second kappa shape index (κ2) is 11.1. The van der Waals surface area contributed by atoms with Crippen molar-refractivity contribution in [3.8, 4) is 17.1 Å². The van der Waals surface area contributed by atoms with Gasteiger partial charge in [-0.2, -0.15) is 8.42 Å². The van der Waals surface area contributed by atoms with Crippen LogP contribution in [0.25, 0.3) is 11.3 Å². The number of aryl methyl sites for hydroxylation is 1. The number of carbonyl (C=O) groups is 1. The van der Waals surface area contributed by atoms with Crippen LogP contribution in [-0.2, 0) is 14.8 Å². The first-order valence-electron chi connectivity index (χ1n) is 12.6. The van der Waals surface area contributed by atoms with Gasteiger partial charge in [0.1, 0.15) is 18.2 Å². The van der Waals surface area contributed by atoms with Gasteiger partial charge in [-0.3, -0.25) is 4.79 Å². The van der Waals surface area contributed by atoms with E-state index in [-0.39, 0.29) is 21.9 Å². The maximum absolute atomic E-state index is 13.4. The number of nitrogens with two attached hydrogens (primary N) is 1. The Morgan fingerprint density at radius 2 is 1.97 bits per heavy atom. The van der Waals surface area contributed by atoms with E-state index < -0.39 is 15.9 Å². The first-order valence-corrected chi connectivity index (χ1v) is 14.1. The van der Waals surface area contributed by atoms with Gasteiger partial charge in [-0.05, 0) is 63.4 Å². The van der Waals surface area contributed by atoms with Crippen molar-refractivity contribution < 1.29 is 22.7 Å². The number of ether oxygens (including phenoxy) is 2. The summed E-state index contributed by atoms with van der Waals surface area (Å²) in [5.74, 6) is 0.479. The second-order valence-corrected chi connectivity index (χ2v) is 12.0. The van der Waals surface area contributed by atoms with Gasteiger partial charge in [0.25, 0.3) is 15.9 Å². The SMILES string of the molecule is COCCOc1ncc(-c2ccc(C(=O)NS(=O)(=O)c3cccc(N)n3)c(N3C[C@@H](C)CC3(C)C)n2)cc1C. The van der Waals surface area contributed by atoms with E-state index in [1.54, 1.807) is 25.4 Å². The summed E-state index contributed by atoms with van der Waals surface area (Å²) in [4.78, 5) is 28.6. The zero-order chi connectivity index (χ0) is 28.4. The number of hydrogen-bond donors (Lipinski definition) is 2. The molecule has 0 bridgehead atoms. The highest BCUT2D eigenvalue weighted by Gasteiger charge is 2.39. The molecule has 0 aromatic carbocycles. The molecule has 1 saturated heterocycles. The molecule has 0 radical (unpaired) electrons. The van der Waals surface area contributed by atoms with Crippen molar-refractivity contribution >= 4 is 27.6 Å². The number of methoxy groups -OCH3 is 1. The molecule has 39 heavy (non-hydrogen) atoms. The van der Waals surface area contributed by atoms with Crippen LogP contribution in [0.5, 0.6) is 5.88 Å². The summed E-state index contributed by atoms with van der Waals surface area (Å²) in [5.41, 5.74) is 7.63. The van der Waals surface area contributed by atoms with Crippen LogP contribution in [0.3, 0.4) is 0 Å². The molecule has 0 saturated carbocycles. The number of anilines is 2. The van der Waals surface area contributed by atoms with Gasteiger partial charge in [0.05, 0.1) is 17.9 Å². The number of aromatic nitrogens is 3. The minimum Gasteiger partial charge on any atom is -0.475 e. The standard InChI is InChI=1S/C27H34N6O5S/c1-17-14-27(3,4)33(16-17)24-20(25(34)32-39(35,36)23-8-6-7-22(28)31-23)9-10-21(30-24)19-13-18(2)26(29-15-19)38-12-11-37-5/h6-10,13,15,17H,11-12,14,16H2,1-5H3,(H2,28,31)(H,32,34)/t17-/m0/s1. The lowest BCUT2D eigenvalue weighted by Gasteiger charge is -2.34. The van der Waals surface area contributed by atoms with Crippen molar-refractivity contribution in [1.29, 1.82) is 0 Å². The Kier molecular flexibility index (Phi) is 8.07. The van der Waals surface area contributed by atoms with Crippen LogP contribution in [0.2, 0.25) is 0 Å². The molecule has 0 spiro atoms. The number of nitrogen functional groups attached to an aromatic ring is 1. The Bertz CT molecular complexity index is 1480. The minimum absolute atomic E-state index is 0.0313. The summed E-state index contributed by atoms with van der Waals surface area (Å²) in [7, 11) is -2.66. The van der Waals surface area contributed by atoms with Crippen molar-refractivity contribution in [2.45, 2.75) is 44.7 Å². The number of amides is 1. The zero-order valence-corrected chi connectivity index (χ0v) is 23.6. The molecule has 208 valence electrons. The largest absolute Gasteiger partial charge is 0.475 e. The van der Waals surface area contributed by atoms with Crippen molar-refractivity contribution in [3.63, 3.8) is 0 Å². The fourth-order valence-corrected chi connectivity index (χ4v) is 5.78. The van der Waals surface area contributed by atoms with Crippen molar-refractivity contribution in [3.05, 3.63) is 53.7 Å². The second-order valence-electron chi connectivity index (χ2n) is 10.3. The molecular weight excluding hydrogens is 520 g/mol. The summed E-state index contributed by atoms with van der Waals surface area (Å²) < 4.78 is 38.7. The smallest absolute Gasteiger partial charge is 0.281 e.